The van der Waals surface area contributed by atoms with Crippen LogP contribution in [-0.4, -0.2) is 7.11 Å². The van der Waals surface area contributed by atoms with Crippen molar-refractivity contribution in [2.75, 3.05) is 7.11 Å². The van der Waals surface area contributed by atoms with Crippen LogP contribution in [0.1, 0.15) is 24.3 Å². The molecule has 0 atom stereocenters. The monoisotopic (exact) mass is 182 g/mol. The number of halogens is 1. The molecule has 1 nitrogen and oxygen atoms in total. The van der Waals surface area contributed by atoms with E-state index >= 15 is 0 Å². The van der Waals surface area contributed by atoms with Gasteiger partial charge in [-0.3, -0.25) is 0 Å². The molecule has 1 aromatic carbocycles. The zero-order chi connectivity index (χ0) is 8.55. The van der Waals surface area contributed by atoms with Crippen LogP contribution in [0.5, 0.6) is 5.75 Å². The third-order valence-electron chi connectivity index (χ3n) is 2.22. The Hall–Kier alpha value is -0.690. The highest BCUT2D eigenvalue weighted by atomic mass is 35.5. The van der Waals surface area contributed by atoms with Crippen LogP contribution in [0.3, 0.4) is 0 Å². The van der Waals surface area contributed by atoms with Gasteiger partial charge in [-0.25, -0.2) is 0 Å². The Balaban J connectivity index is 2.36. The fourth-order valence-electron chi connectivity index (χ4n) is 1.36. The lowest BCUT2D eigenvalue weighted by atomic mass is 10.1. The first kappa shape index (κ1) is 7.93. The summed E-state index contributed by atoms with van der Waals surface area (Å²) < 4.78 is 5.13. The largest absolute Gasteiger partial charge is 0.497 e. The molecule has 0 amide bonds. The molecule has 0 unspecified atom stereocenters. The Kier molecular flexibility index (Phi) is 1.97. The van der Waals surface area contributed by atoms with Crippen molar-refractivity contribution in [2.45, 2.75) is 18.8 Å². The van der Waals surface area contributed by atoms with Crippen molar-refractivity contribution in [3.8, 4) is 5.75 Å². The molecule has 0 bridgehead atoms. The number of hydrogen-bond donors (Lipinski definition) is 0. The molecule has 0 aliphatic heterocycles. The molecule has 1 aliphatic rings. The molecule has 64 valence electrons. The molecular weight excluding hydrogens is 172 g/mol. The molecule has 1 aromatic rings. The van der Waals surface area contributed by atoms with Crippen molar-refractivity contribution in [3.05, 3.63) is 28.8 Å². The minimum atomic E-state index is 0.688. The average molecular weight is 183 g/mol. The zero-order valence-corrected chi connectivity index (χ0v) is 7.77. The molecule has 0 radical (unpaired) electrons. The lowest BCUT2D eigenvalue weighted by Crippen LogP contribution is -1.86. The first-order valence-electron chi connectivity index (χ1n) is 4.14. The van der Waals surface area contributed by atoms with Crippen LogP contribution in [-0.2, 0) is 0 Å². The van der Waals surface area contributed by atoms with E-state index in [4.69, 9.17) is 16.3 Å². The van der Waals surface area contributed by atoms with Crippen LogP contribution in [0.25, 0.3) is 0 Å². The third-order valence-corrected chi connectivity index (χ3v) is 2.56. The number of ether oxygens (including phenoxy) is 1. The average Bonchev–Trinajstić information content (AvgIpc) is 2.88. The highest BCUT2D eigenvalue weighted by Gasteiger charge is 2.25. The normalized spacial score (nSPS) is 16.2. The Morgan fingerprint density at radius 3 is 2.75 bits per heavy atom. The maximum atomic E-state index is 6.03. The molecule has 0 saturated heterocycles. The number of benzene rings is 1. The SMILES string of the molecule is COc1ccc(Cl)c(C2CC2)c1. The number of methoxy groups -OCH3 is 1. The van der Waals surface area contributed by atoms with Gasteiger partial charge < -0.3 is 4.74 Å². The van der Waals surface area contributed by atoms with Crippen molar-refractivity contribution in [1.82, 2.24) is 0 Å². The molecule has 1 fully saturated rings. The summed E-state index contributed by atoms with van der Waals surface area (Å²) in [7, 11) is 1.68. The van der Waals surface area contributed by atoms with E-state index in [1.807, 2.05) is 18.2 Å². The van der Waals surface area contributed by atoms with E-state index in [1.54, 1.807) is 7.11 Å². The maximum absolute atomic E-state index is 6.03. The lowest BCUT2D eigenvalue weighted by molar-refractivity contribution is 0.414. The fourth-order valence-corrected chi connectivity index (χ4v) is 1.63. The van der Waals surface area contributed by atoms with E-state index in [1.165, 1.54) is 18.4 Å². The van der Waals surface area contributed by atoms with Gasteiger partial charge in [-0.05, 0) is 42.5 Å². The van der Waals surface area contributed by atoms with Crippen LogP contribution in [0.4, 0.5) is 0 Å². The van der Waals surface area contributed by atoms with Gasteiger partial charge in [-0.15, -0.1) is 0 Å². The molecular formula is C10H11ClO. The smallest absolute Gasteiger partial charge is 0.119 e. The van der Waals surface area contributed by atoms with Gasteiger partial charge in [0.2, 0.25) is 0 Å². The van der Waals surface area contributed by atoms with E-state index in [0.717, 1.165) is 10.8 Å². The zero-order valence-electron chi connectivity index (χ0n) is 7.01. The lowest BCUT2D eigenvalue weighted by Gasteiger charge is -2.04. The van der Waals surface area contributed by atoms with E-state index in [0.29, 0.717) is 5.92 Å². The number of hydrogen-bond acceptors (Lipinski definition) is 1. The van der Waals surface area contributed by atoms with E-state index in [9.17, 15) is 0 Å². The Labute approximate surface area is 77.3 Å². The van der Waals surface area contributed by atoms with Crippen LogP contribution >= 0.6 is 11.6 Å². The van der Waals surface area contributed by atoms with Gasteiger partial charge >= 0.3 is 0 Å². The van der Waals surface area contributed by atoms with Crippen molar-refractivity contribution in [3.63, 3.8) is 0 Å². The molecule has 1 aliphatic carbocycles. The molecule has 2 heteroatoms. The summed E-state index contributed by atoms with van der Waals surface area (Å²) >= 11 is 6.03. The molecule has 0 aromatic heterocycles. The molecule has 1 saturated carbocycles. The highest BCUT2D eigenvalue weighted by Crippen LogP contribution is 2.44. The fraction of sp³-hybridized carbons (Fsp3) is 0.400. The van der Waals surface area contributed by atoms with Gasteiger partial charge in [0.25, 0.3) is 0 Å². The Morgan fingerprint density at radius 1 is 1.42 bits per heavy atom. The molecule has 2 rings (SSSR count). The molecule has 0 heterocycles. The van der Waals surface area contributed by atoms with E-state index in [-0.39, 0.29) is 0 Å². The minimum Gasteiger partial charge on any atom is -0.497 e. The second kappa shape index (κ2) is 2.98. The van der Waals surface area contributed by atoms with Crippen LogP contribution in [0, 0.1) is 0 Å². The van der Waals surface area contributed by atoms with Gasteiger partial charge in [-0.1, -0.05) is 11.6 Å². The summed E-state index contributed by atoms with van der Waals surface area (Å²) in [5.74, 6) is 1.59. The Morgan fingerprint density at radius 2 is 2.17 bits per heavy atom. The highest BCUT2D eigenvalue weighted by molar-refractivity contribution is 6.31. The van der Waals surface area contributed by atoms with Crippen LogP contribution in [0.15, 0.2) is 18.2 Å². The summed E-state index contributed by atoms with van der Waals surface area (Å²) in [5.41, 5.74) is 1.25. The van der Waals surface area contributed by atoms with Crippen molar-refractivity contribution >= 4 is 11.6 Å². The summed E-state index contributed by atoms with van der Waals surface area (Å²) in [4.78, 5) is 0. The summed E-state index contributed by atoms with van der Waals surface area (Å²) in [6.45, 7) is 0. The second-order valence-corrected chi connectivity index (χ2v) is 3.57. The van der Waals surface area contributed by atoms with Gasteiger partial charge in [0.15, 0.2) is 0 Å². The summed E-state index contributed by atoms with van der Waals surface area (Å²) in [5, 5.41) is 0.873. The second-order valence-electron chi connectivity index (χ2n) is 3.16. The van der Waals surface area contributed by atoms with Crippen molar-refractivity contribution in [1.29, 1.82) is 0 Å². The quantitative estimate of drug-likeness (QED) is 0.683. The molecule has 0 N–H and O–H groups in total. The van der Waals surface area contributed by atoms with Crippen molar-refractivity contribution in [2.24, 2.45) is 0 Å². The summed E-state index contributed by atoms with van der Waals surface area (Å²) in [6.07, 6.45) is 2.54. The topological polar surface area (TPSA) is 9.23 Å². The standard InChI is InChI=1S/C10H11ClO/c1-12-8-4-5-10(11)9(6-8)7-2-3-7/h4-7H,2-3H2,1H3. The van der Waals surface area contributed by atoms with Crippen LogP contribution < -0.4 is 4.74 Å². The Bertz CT molecular complexity index is 292. The molecule has 12 heavy (non-hydrogen) atoms. The predicted octanol–water partition coefficient (Wildman–Crippen LogP) is 3.23. The van der Waals surface area contributed by atoms with Crippen molar-refractivity contribution < 1.29 is 4.74 Å². The molecule has 0 spiro atoms. The van der Waals surface area contributed by atoms with Gasteiger partial charge in [-0.2, -0.15) is 0 Å². The maximum Gasteiger partial charge on any atom is 0.119 e. The van der Waals surface area contributed by atoms with Gasteiger partial charge in [0.1, 0.15) is 5.75 Å². The first-order chi connectivity index (χ1) is 5.81. The van der Waals surface area contributed by atoms with Crippen LogP contribution in [0.2, 0.25) is 5.02 Å². The van der Waals surface area contributed by atoms with Gasteiger partial charge in [0, 0.05) is 5.02 Å². The third kappa shape index (κ3) is 1.42. The van der Waals surface area contributed by atoms with E-state index < -0.39 is 0 Å². The van der Waals surface area contributed by atoms with Gasteiger partial charge in [0.05, 0.1) is 7.11 Å². The minimum absolute atomic E-state index is 0.688. The number of rotatable bonds is 2. The van der Waals surface area contributed by atoms with E-state index in [2.05, 4.69) is 0 Å². The first-order valence-corrected chi connectivity index (χ1v) is 4.52. The summed E-state index contributed by atoms with van der Waals surface area (Å²) in [6, 6.07) is 5.85. The predicted molar refractivity (Wildman–Crippen MR) is 50.0 cm³/mol.